The summed E-state index contributed by atoms with van der Waals surface area (Å²) >= 11 is 0. The smallest absolute Gasteiger partial charge is 0.346 e. The maximum Gasteiger partial charge on any atom is 0.346 e. The summed E-state index contributed by atoms with van der Waals surface area (Å²) in [5.41, 5.74) is -0.949. The van der Waals surface area contributed by atoms with Crippen molar-refractivity contribution in [3.05, 3.63) is 30.5 Å². The van der Waals surface area contributed by atoms with E-state index in [1.54, 1.807) is 35.8 Å². The van der Waals surface area contributed by atoms with Gasteiger partial charge in [-0.15, -0.1) is 6.42 Å². The molecule has 0 fully saturated rings. The molecule has 0 bridgehead atoms. The predicted octanol–water partition coefficient (Wildman–Crippen LogP) is 1.42. The summed E-state index contributed by atoms with van der Waals surface area (Å²) in [5.74, 6) is 1.25. The Kier molecular flexibility index (Phi) is 4.60. The first-order valence-corrected chi connectivity index (χ1v) is 7.14. The zero-order valence-electron chi connectivity index (χ0n) is 13.0. The van der Waals surface area contributed by atoms with Crippen LogP contribution in [0.3, 0.4) is 0 Å². The zero-order chi connectivity index (χ0) is 17.0. The van der Waals surface area contributed by atoms with Crippen molar-refractivity contribution in [2.24, 2.45) is 0 Å². The normalized spacial score (nSPS) is 13.1. The van der Waals surface area contributed by atoms with Gasteiger partial charge in [0.1, 0.15) is 5.75 Å². The van der Waals surface area contributed by atoms with E-state index in [1.807, 2.05) is 0 Å². The van der Waals surface area contributed by atoms with Gasteiger partial charge in [0.2, 0.25) is 11.4 Å². The molecule has 23 heavy (non-hydrogen) atoms. The molecular weight excluding hydrogens is 296 g/mol. The zero-order valence-corrected chi connectivity index (χ0v) is 13.0. The van der Waals surface area contributed by atoms with Crippen molar-refractivity contribution in [1.29, 1.82) is 0 Å². The highest BCUT2D eigenvalue weighted by Crippen LogP contribution is 2.28. The van der Waals surface area contributed by atoms with Crippen LogP contribution in [0.4, 0.5) is 0 Å². The Morgan fingerprint density at radius 3 is 2.74 bits per heavy atom. The van der Waals surface area contributed by atoms with Crippen LogP contribution in [0.15, 0.2) is 30.5 Å². The van der Waals surface area contributed by atoms with E-state index in [0.29, 0.717) is 10.9 Å². The second kappa shape index (κ2) is 6.44. The van der Waals surface area contributed by atoms with E-state index in [9.17, 15) is 14.7 Å². The van der Waals surface area contributed by atoms with E-state index in [4.69, 9.17) is 11.2 Å². The van der Waals surface area contributed by atoms with Gasteiger partial charge < -0.3 is 19.7 Å². The van der Waals surface area contributed by atoms with Gasteiger partial charge in [0.15, 0.2) is 0 Å². The number of rotatable bonds is 5. The van der Waals surface area contributed by atoms with Crippen LogP contribution < -0.4 is 5.32 Å². The minimum atomic E-state index is -1.64. The molecule has 0 saturated carbocycles. The summed E-state index contributed by atoms with van der Waals surface area (Å²) in [4.78, 5) is 23.8. The van der Waals surface area contributed by atoms with E-state index in [2.05, 4.69) is 11.2 Å². The quantitative estimate of drug-likeness (QED) is 0.646. The van der Waals surface area contributed by atoms with Crippen molar-refractivity contribution in [1.82, 2.24) is 9.88 Å². The molecule has 0 saturated heterocycles. The van der Waals surface area contributed by atoms with Crippen molar-refractivity contribution in [3.8, 4) is 18.1 Å². The second-order valence-corrected chi connectivity index (χ2v) is 5.11. The first-order valence-electron chi connectivity index (χ1n) is 7.14. The molecule has 6 heteroatoms. The van der Waals surface area contributed by atoms with Crippen LogP contribution in [0.1, 0.15) is 13.8 Å². The van der Waals surface area contributed by atoms with Gasteiger partial charge in [-0.3, -0.25) is 4.79 Å². The Labute approximate surface area is 134 Å². The molecule has 1 heterocycles. The number of esters is 1. The lowest BCUT2D eigenvalue weighted by molar-refractivity contribution is -0.151. The number of nitrogens with zero attached hydrogens (tertiary/aromatic N) is 1. The number of nitrogens with one attached hydrogen (secondary N) is 1. The first-order chi connectivity index (χ1) is 10.9. The topological polar surface area (TPSA) is 80.6 Å². The fourth-order valence-electron chi connectivity index (χ4n) is 2.46. The largest absolute Gasteiger partial charge is 0.506 e. The van der Waals surface area contributed by atoms with E-state index in [1.165, 1.54) is 13.1 Å². The predicted molar refractivity (Wildman–Crippen MR) is 85.6 cm³/mol. The molecule has 0 aliphatic rings. The monoisotopic (exact) mass is 314 g/mol. The number of fused-ring (bicyclic) bond motifs is 1. The van der Waals surface area contributed by atoms with Gasteiger partial charge in [-0.1, -0.05) is 18.1 Å². The summed E-state index contributed by atoms with van der Waals surface area (Å²) in [5, 5.41) is 13.1. The van der Waals surface area contributed by atoms with Gasteiger partial charge >= 0.3 is 5.97 Å². The molecule has 1 aromatic carbocycles. The molecule has 1 amide bonds. The van der Waals surface area contributed by atoms with Crippen LogP contribution >= 0.6 is 0 Å². The number of hydrogen-bond acceptors (Lipinski definition) is 4. The summed E-state index contributed by atoms with van der Waals surface area (Å²) < 4.78 is 6.64. The number of para-hydroxylation sites is 1. The van der Waals surface area contributed by atoms with Gasteiger partial charge in [-0.2, -0.15) is 0 Å². The summed E-state index contributed by atoms with van der Waals surface area (Å²) in [6.45, 7) is 3.02. The summed E-state index contributed by atoms with van der Waals surface area (Å²) in [7, 11) is 0. The van der Waals surface area contributed by atoms with Crippen molar-refractivity contribution in [3.63, 3.8) is 0 Å². The molecular formula is C17H18N2O4. The molecule has 1 atom stereocenters. The number of terminal acetylenes is 1. The Bertz CT molecular complexity index is 787. The number of ether oxygens (including phenoxy) is 1. The number of amides is 1. The van der Waals surface area contributed by atoms with Crippen LogP contribution in [-0.2, 0) is 20.9 Å². The minimum absolute atomic E-state index is 0.0526. The fraction of sp³-hybridized carbons (Fsp3) is 0.294. The molecule has 2 aromatic rings. The van der Waals surface area contributed by atoms with Gasteiger partial charge in [0.05, 0.1) is 18.7 Å². The van der Waals surface area contributed by atoms with E-state index >= 15 is 0 Å². The van der Waals surface area contributed by atoms with Crippen LogP contribution in [0.2, 0.25) is 0 Å². The van der Waals surface area contributed by atoms with Gasteiger partial charge in [-0.25, -0.2) is 4.79 Å². The van der Waals surface area contributed by atoms with Crippen molar-refractivity contribution < 1.29 is 19.4 Å². The third-order valence-electron chi connectivity index (χ3n) is 3.43. The van der Waals surface area contributed by atoms with Gasteiger partial charge in [0.25, 0.3) is 0 Å². The lowest BCUT2D eigenvalue weighted by atomic mass is 10.0. The maximum atomic E-state index is 12.3. The highest BCUT2D eigenvalue weighted by molar-refractivity contribution is 5.91. The highest BCUT2D eigenvalue weighted by Gasteiger charge is 2.40. The number of aromatic nitrogens is 1. The molecule has 2 N–H and O–H groups in total. The SMILES string of the molecule is C#CC(Cn1cc(O)c2ccccc21)(NC(C)=O)C(=O)OCC. The average Bonchev–Trinajstić information content (AvgIpc) is 2.83. The number of benzene rings is 1. The van der Waals surface area contributed by atoms with Crippen LogP contribution in [0.25, 0.3) is 10.9 Å². The standard InChI is InChI=1S/C17H18N2O4/c1-4-17(18-12(3)20,16(22)23-5-2)11-19-10-15(21)13-8-6-7-9-14(13)19/h1,6-10,21H,5,11H2,2-3H3,(H,18,20). The van der Waals surface area contributed by atoms with Crippen LogP contribution in [-0.4, -0.2) is 33.7 Å². The molecule has 2 rings (SSSR count). The molecule has 1 aromatic heterocycles. The lowest BCUT2D eigenvalue weighted by Gasteiger charge is -2.27. The van der Waals surface area contributed by atoms with E-state index in [-0.39, 0.29) is 18.9 Å². The van der Waals surface area contributed by atoms with Crippen LogP contribution in [0.5, 0.6) is 5.75 Å². The molecule has 0 radical (unpaired) electrons. The summed E-state index contributed by atoms with van der Waals surface area (Å²) in [6, 6.07) is 7.13. The molecule has 1 unspecified atom stereocenters. The molecule has 0 spiro atoms. The van der Waals surface area contributed by atoms with Crippen molar-refractivity contribution in [2.75, 3.05) is 6.61 Å². The Morgan fingerprint density at radius 2 is 2.13 bits per heavy atom. The minimum Gasteiger partial charge on any atom is -0.506 e. The first kappa shape index (κ1) is 16.4. The average molecular weight is 314 g/mol. The second-order valence-electron chi connectivity index (χ2n) is 5.11. The van der Waals surface area contributed by atoms with Gasteiger partial charge in [0, 0.05) is 18.5 Å². The number of hydrogen-bond donors (Lipinski definition) is 2. The third-order valence-corrected chi connectivity index (χ3v) is 3.43. The lowest BCUT2D eigenvalue weighted by Crippen LogP contribution is -2.56. The fourth-order valence-corrected chi connectivity index (χ4v) is 2.46. The Morgan fingerprint density at radius 1 is 1.43 bits per heavy atom. The van der Waals surface area contributed by atoms with Crippen molar-refractivity contribution in [2.45, 2.75) is 25.9 Å². The summed E-state index contributed by atoms with van der Waals surface area (Å²) in [6.07, 6.45) is 7.01. The van der Waals surface area contributed by atoms with Crippen molar-refractivity contribution >= 4 is 22.8 Å². The molecule has 6 nitrogen and oxygen atoms in total. The van der Waals surface area contributed by atoms with Gasteiger partial charge in [-0.05, 0) is 19.1 Å². The van der Waals surface area contributed by atoms with E-state index in [0.717, 1.165) is 0 Å². The molecule has 0 aliphatic heterocycles. The van der Waals surface area contributed by atoms with Crippen LogP contribution in [0, 0.1) is 12.3 Å². The molecule has 0 aliphatic carbocycles. The molecule has 120 valence electrons. The number of aromatic hydroxyl groups is 1. The number of carbonyl (C=O) groups excluding carboxylic acids is 2. The third kappa shape index (κ3) is 3.14. The Balaban J connectivity index is 2.50. The Hall–Kier alpha value is -2.94. The number of carbonyl (C=O) groups is 2. The highest BCUT2D eigenvalue weighted by atomic mass is 16.5. The maximum absolute atomic E-state index is 12.3. The van der Waals surface area contributed by atoms with E-state index < -0.39 is 17.4 Å².